The Labute approximate surface area is 212 Å². The molecule has 0 saturated carbocycles. The molecule has 0 aliphatic rings. The van der Waals surface area contributed by atoms with Crippen LogP contribution in [-0.4, -0.2) is 80.0 Å². The zero-order chi connectivity index (χ0) is 29.9. The van der Waals surface area contributed by atoms with Gasteiger partial charge in [-0.15, -0.1) is 4.94 Å². The largest absolute Gasteiger partial charge is 0.435 e. The van der Waals surface area contributed by atoms with Crippen molar-refractivity contribution in [2.75, 3.05) is 54.8 Å². The molecule has 0 aromatic carbocycles. The van der Waals surface area contributed by atoms with Crippen LogP contribution in [0.25, 0.3) is 0 Å². The van der Waals surface area contributed by atoms with Crippen LogP contribution < -0.4 is 0 Å². The Morgan fingerprint density at radius 3 is 0.868 bits per heavy atom. The summed E-state index contributed by atoms with van der Waals surface area (Å²) in [4.78, 5) is 1.88. The molecular weight excluding hydrogens is 615 g/mol. The Bertz CT molecular complexity index is 372. The Hall–Kier alpha value is -1.36. The van der Waals surface area contributed by atoms with Crippen molar-refractivity contribution in [1.82, 2.24) is 0 Å². The molecule has 0 aromatic heterocycles. The maximum absolute atomic E-state index is 10.9. The van der Waals surface area contributed by atoms with Crippen molar-refractivity contribution in [3.63, 3.8) is 0 Å². The lowest BCUT2D eigenvalue weighted by atomic mass is 10.7. The second-order valence-corrected chi connectivity index (χ2v) is 3.74. The van der Waals surface area contributed by atoms with Crippen LogP contribution in [0.5, 0.6) is 0 Å². The van der Waals surface area contributed by atoms with E-state index in [1.807, 2.05) is 4.94 Å². The average Bonchev–Trinajstić information content (AvgIpc) is 2.71. The van der Waals surface area contributed by atoms with Crippen molar-refractivity contribution >= 4 is 10.5 Å². The first-order chi connectivity index (χ1) is 15.3. The molecule has 5 nitrogen and oxygen atoms in total. The lowest BCUT2D eigenvalue weighted by Gasteiger charge is -2.01. The van der Waals surface area contributed by atoms with E-state index in [-0.39, 0.29) is 29.7 Å². The van der Waals surface area contributed by atoms with E-state index in [1.165, 1.54) is 0 Å². The minimum Gasteiger partial charge on any atom is -0.351 e. The predicted molar refractivity (Wildman–Crippen MR) is 111 cm³/mol. The number of hydrogen-bond acceptors (Lipinski definition) is 4. The molecule has 1 N–H and O–H groups in total. The van der Waals surface area contributed by atoms with E-state index in [2.05, 4.69) is 4.74 Å². The third kappa shape index (κ3) is 422. The Balaban J connectivity index is -0.0000000206. The minimum atomic E-state index is -5.17. The van der Waals surface area contributed by atoms with Gasteiger partial charge in [0, 0.05) is 6.61 Å². The molecule has 0 atom stereocenters. The van der Waals surface area contributed by atoms with E-state index < -0.39 is 63.8 Å². The van der Waals surface area contributed by atoms with Crippen molar-refractivity contribution in [2.24, 2.45) is 0 Å². The molecule has 0 saturated heterocycles. The second-order valence-electron chi connectivity index (χ2n) is 2.91. The van der Waals surface area contributed by atoms with Crippen LogP contribution in [0.4, 0.5) is 74.3 Å². The monoisotopic (exact) mass is 652 g/mol. The summed E-state index contributed by atoms with van der Waals surface area (Å²) in [5.74, 6) is 0. The quantitative estimate of drug-likeness (QED) is 0.186. The zero-order valence-corrected chi connectivity index (χ0v) is 17.7. The first-order valence-electron chi connectivity index (χ1n) is 6.75. The van der Waals surface area contributed by atoms with E-state index >= 15 is 0 Å². The highest BCUT2D eigenvalue weighted by Crippen LogP contribution is 2.15. The summed E-state index contributed by atoms with van der Waals surface area (Å²) in [7, 11) is -4.67. The summed E-state index contributed by atoms with van der Waals surface area (Å²) >= 11 is 0. The molecule has 0 heterocycles. The highest BCUT2D eigenvalue weighted by molar-refractivity contribution is 7.80. The van der Waals surface area contributed by atoms with E-state index in [9.17, 15) is 74.3 Å². The molecule has 0 radical (unpaired) electrons. The second kappa shape index (κ2) is 65.1. The number of rotatable bonds is 4. The lowest BCUT2D eigenvalue weighted by molar-refractivity contribution is -0.357. The smallest absolute Gasteiger partial charge is 0.351 e. The van der Waals surface area contributed by atoms with Gasteiger partial charge < -0.3 is 4.74 Å². The molecule has 0 aromatic rings. The highest BCUT2D eigenvalue weighted by Gasteiger charge is 2.31. The van der Waals surface area contributed by atoms with Crippen LogP contribution in [0.2, 0.25) is 0 Å². The Kier molecular flexibility index (Phi) is 131. The van der Waals surface area contributed by atoms with E-state index in [0.717, 1.165) is 0 Å². The van der Waals surface area contributed by atoms with Crippen molar-refractivity contribution in [3.05, 3.63) is 0 Å². The van der Waals surface area contributed by atoms with Gasteiger partial charge in [0.05, 0.1) is 7.18 Å². The van der Waals surface area contributed by atoms with Gasteiger partial charge in [0.25, 0.3) is 0 Å². The highest BCUT2D eigenvalue weighted by atomic mass is 32.3. The first kappa shape index (κ1) is 76.7. The normalized spacial score (nSPS) is 8.32. The van der Waals surface area contributed by atoms with Gasteiger partial charge in [-0.25, -0.2) is 39.5 Å². The number of ether oxygens (including phenoxy) is 1. The topological polar surface area (TPSA) is 72.8 Å². The minimum absolute atomic E-state index is 0. The fourth-order valence-electron chi connectivity index (χ4n) is 0.0978. The maximum Gasteiger partial charge on any atom is 0.435 e. The van der Waals surface area contributed by atoms with Gasteiger partial charge in [-0.2, -0.15) is 30.4 Å². The number of halogens is 17. The molecule has 0 spiro atoms. The van der Waals surface area contributed by atoms with Crippen LogP contribution in [0.1, 0.15) is 36.6 Å². The molecule has 0 aliphatic carbocycles. The number of alkyl halides is 15. The lowest BCUT2D eigenvalue weighted by Crippen LogP contribution is -2.18. The summed E-state index contributed by atoms with van der Waals surface area (Å²) in [5.41, 5.74) is 0. The summed E-state index contributed by atoms with van der Waals surface area (Å²) in [5, 5.41) is 0. The first-order valence-corrected chi connectivity index (χ1v) is 8.09. The van der Waals surface area contributed by atoms with Gasteiger partial charge in [-0.05, 0) is 11.4 Å². The van der Waals surface area contributed by atoms with Crippen molar-refractivity contribution in [3.8, 4) is 0 Å². The SMILES string of the molecule is C.C.C.C.CCOCF.CF.FCC(F)(F)F.FCC(F)(F)OF.FCF.FCF.FCF.O=S(=O)(O)F. The average molecular weight is 652 g/mol. The standard InChI is InChI=1S/C3H7FO.C2H2F4O.C2H2F4.3CH2F2.CH3F.4CH4.FHO3S/c1-2-5-3-4;3-1-2(4,5)7-6;3-1-2(4,5)6;3*2-1-3;1-2;;;;;1-5(2,3)4/h2-3H2,1H3;1H2;1H2;3*1H2;1H3;4*1H4;(H,2,3,4). The van der Waals surface area contributed by atoms with Crippen LogP contribution in [0.15, 0.2) is 0 Å². The molecule has 23 heteroatoms. The van der Waals surface area contributed by atoms with Gasteiger partial charge >= 0.3 is 22.8 Å². The summed E-state index contributed by atoms with van der Waals surface area (Å²) in [6.07, 6.45) is -8.88. The molecule has 0 rings (SSSR count). The molecule has 252 valence electrons. The summed E-state index contributed by atoms with van der Waals surface area (Å²) in [6.45, 7) is -8.05. The molecule has 0 aliphatic heterocycles. The van der Waals surface area contributed by atoms with E-state index in [0.29, 0.717) is 13.8 Å². The van der Waals surface area contributed by atoms with Gasteiger partial charge in [0.15, 0.2) is 20.2 Å². The van der Waals surface area contributed by atoms with Crippen molar-refractivity contribution < 1.29 is 96.9 Å². The molecule has 38 heavy (non-hydrogen) atoms. The van der Waals surface area contributed by atoms with Crippen LogP contribution >= 0.6 is 0 Å². The van der Waals surface area contributed by atoms with Gasteiger partial charge in [0.2, 0.25) is 20.8 Å². The molecule has 0 bridgehead atoms. The Morgan fingerprint density at radius 1 is 0.684 bits per heavy atom. The molecule has 0 unspecified atom stereocenters. The maximum atomic E-state index is 10.9. The third-order valence-electron chi connectivity index (χ3n) is 0.701. The molecular formula is C15H37F17O5S. The summed E-state index contributed by atoms with van der Waals surface area (Å²) in [6, 6.07) is 0. The van der Waals surface area contributed by atoms with Crippen LogP contribution in [-0.2, 0) is 20.2 Å². The van der Waals surface area contributed by atoms with E-state index in [4.69, 9.17) is 13.0 Å². The van der Waals surface area contributed by atoms with Gasteiger partial charge in [-0.1, -0.05) is 33.6 Å². The Morgan fingerprint density at radius 2 is 0.868 bits per heavy atom. The number of hydrogen-bond donors (Lipinski definition) is 1. The van der Waals surface area contributed by atoms with Crippen molar-refractivity contribution in [2.45, 2.75) is 48.9 Å². The molecule has 0 fully saturated rings. The van der Waals surface area contributed by atoms with Crippen LogP contribution in [0, 0.1) is 0 Å². The van der Waals surface area contributed by atoms with Crippen molar-refractivity contribution in [1.29, 1.82) is 0 Å². The summed E-state index contributed by atoms with van der Waals surface area (Å²) < 4.78 is 201. The fraction of sp³-hybridized carbons (Fsp3) is 1.00. The fourth-order valence-corrected chi connectivity index (χ4v) is 0.0978. The van der Waals surface area contributed by atoms with E-state index in [1.54, 1.807) is 6.92 Å². The zero-order valence-electron chi connectivity index (χ0n) is 16.9. The van der Waals surface area contributed by atoms with Crippen LogP contribution in [0.3, 0.4) is 0 Å². The van der Waals surface area contributed by atoms with Gasteiger partial charge in [-0.3, -0.25) is 8.94 Å². The molecule has 0 amide bonds. The van der Waals surface area contributed by atoms with Gasteiger partial charge in [0.1, 0.15) is 0 Å². The predicted octanol–water partition coefficient (Wildman–Crippen LogP) is 9.46. The third-order valence-corrected chi connectivity index (χ3v) is 0.701.